The highest BCUT2D eigenvalue weighted by Crippen LogP contribution is 2.13. The van der Waals surface area contributed by atoms with E-state index in [2.05, 4.69) is 10.2 Å². The summed E-state index contributed by atoms with van der Waals surface area (Å²) in [6.45, 7) is 0. The molecule has 1 aliphatic carbocycles. The maximum atomic E-state index is 11.1. The van der Waals surface area contributed by atoms with Crippen LogP contribution in [0.25, 0.3) is 0 Å². The molecule has 4 nitrogen and oxygen atoms in total. The van der Waals surface area contributed by atoms with Crippen LogP contribution in [0.3, 0.4) is 0 Å². The third-order valence-corrected chi connectivity index (χ3v) is 2.20. The lowest BCUT2D eigenvalue weighted by Crippen LogP contribution is -2.29. The predicted octanol–water partition coefficient (Wildman–Crippen LogP) is -0.481. The quantitative estimate of drug-likeness (QED) is 0.471. The Morgan fingerprint density at radius 2 is 2.27 bits per heavy atom. The van der Waals surface area contributed by atoms with Crippen LogP contribution >= 0.6 is 0 Å². The van der Waals surface area contributed by atoms with Gasteiger partial charge in [-0.3, -0.25) is 9.89 Å². The van der Waals surface area contributed by atoms with Crippen LogP contribution < -0.4 is 11.3 Å². The fourth-order valence-corrected chi connectivity index (χ4v) is 1.54. The summed E-state index contributed by atoms with van der Waals surface area (Å²) in [6.07, 6.45) is 2.59. The van der Waals surface area contributed by atoms with Crippen molar-refractivity contribution in [2.24, 2.45) is 5.73 Å². The SMILES string of the molecule is NC1CCc2[nH][nH]c(=O)c2C1. The van der Waals surface area contributed by atoms with Crippen molar-refractivity contribution in [1.29, 1.82) is 0 Å². The number of aromatic nitrogens is 2. The Bertz CT molecular complexity index is 312. The highest BCUT2D eigenvalue weighted by atomic mass is 16.1. The van der Waals surface area contributed by atoms with E-state index in [0.29, 0.717) is 6.42 Å². The van der Waals surface area contributed by atoms with Crippen molar-refractivity contribution in [3.8, 4) is 0 Å². The molecule has 2 rings (SSSR count). The fraction of sp³-hybridized carbons (Fsp3) is 0.571. The van der Waals surface area contributed by atoms with E-state index in [4.69, 9.17) is 5.73 Å². The van der Waals surface area contributed by atoms with Crippen LogP contribution in [0.2, 0.25) is 0 Å². The van der Waals surface area contributed by atoms with Crippen molar-refractivity contribution < 1.29 is 0 Å². The number of hydrogen-bond donors (Lipinski definition) is 3. The van der Waals surface area contributed by atoms with E-state index in [9.17, 15) is 4.79 Å². The Balaban J connectivity index is 2.45. The number of aromatic amines is 2. The molecular formula is C7H11N3O. The zero-order valence-corrected chi connectivity index (χ0v) is 6.18. The zero-order chi connectivity index (χ0) is 7.84. The van der Waals surface area contributed by atoms with Crippen molar-refractivity contribution in [3.63, 3.8) is 0 Å². The molecule has 1 heterocycles. The van der Waals surface area contributed by atoms with E-state index in [-0.39, 0.29) is 11.6 Å². The molecule has 1 unspecified atom stereocenters. The normalized spacial score (nSPS) is 23.2. The van der Waals surface area contributed by atoms with E-state index in [1.165, 1.54) is 0 Å². The summed E-state index contributed by atoms with van der Waals surface area (Å²) in [4.78, 5) is 11.1. The predicted molar refractivity (Wildman–Crippen MR) is 41.4 cm³/mol. The molecule has 4 N–H and O–H groups in total. The number of rotatable bonds is 0. The summed E-state index contributed by atoms with van der Waals surface area (Å²) < 4.78 is 0. The number of nitrogens with one attached hydrogen (secondary N) is 2. The van der Waals surface area contributed by atoms with Crippen molar-refractivity contribution >= 4 is 0 Å². The molecule has 0 radical (unpaired) electrons. The number of fused-ring (bicyclic) bond motifs is 1. The van der Waals surface area contributed by atoms with Crippen LogP contribution in [-0.4, -0.2) is 16.2 Å². The minimum Gasteiger partial charge on any atom is -0.327 e. The van der Waals surface area contributed by atoms with Crippen LogP contribution in [0.5, 0.6) is 0 Å². The zero-order valence-electron chi connectivity index (χ0n) is 6.18. The standard InChI is InChI=1S/C7H11N3O/c8-4-1-2-6-5(3-4)7(11)10-9-6/h4H,1-3,8H2,(H2,9,10,11). The summed E-state index contributed by atoms with van der Waals surface area (Å²) in [5, 5.41) is 5.42. The Morgan fingerprint density at radius 3 is 3.09 bits per heavy atom. The lowest BCUT2D eigenvalue weighted by molar-refractivity contribution is 0.570. The molecule has 0 spiro atoms. The minimum absolute atomic E-state index is 0.00449. The summed E-state index contributed by atoms with van der Waals surface area (Å²) >= 11 is 0. The van der Waals surface area contributed by atoms with Gasteiger partial charge in [-0.05, 0) is 19.3 Å². The van der Waals surface area contributed by atoms with E-state index < -0.39 is 0 Å². The second-order valence-electron chi connectivity index (χ2n) is 3.04. The van der Waals surface area contributed by atoms with Crippen LogP contribution in [0.4, 0.5) is 0 Å². The van der Waals surface area contributed by atoms with E-state index in [1.54, 1.807) is 0 Å². The fourth-order valence-electron chi connectivity index (χ4n) is 1.54. The molecule has 0 aliphatic heterocycles. The largest absolute Gasteiger partial charge is 0.327 e. The maximum Gasteiger partial charge on any atom is 0.267 e. The summed E-state index contributed by atoms with van der Waals surface area (Å²) in [7, 11) is 0. The Morgan fingerprint density at radius 1 is 1.45 bits per heavy atom. The first-order valence-corrected chi connectivity index (χ1v) is 3.81. The Hall–Kier alpha value is -1.03. The Labute approximate surface area is 63.8 Å². The molecule has 1 atom stereocenters. The summed E-state index contributed by atoms with van der Waals surface area (Å²) in [5.74, 6) is 0. The number of H-pyrrole nitrogens is 2. The van der Waals surface area contributed by atoms with Gasteiger partial charge in [-0.15, -0.1) is 0 Å². The second-order valence-corrected chi connectivity index (χ2v) is 3.04. The second kappa shape index (κ2) is 2.23. The van der Waals surface area contributed by atoms with Gasteiger partial charge in [0.05, 0.1) is 0 Å². The van der Waals surface area contributed by atoms with Gasteiger partial charge in [0.1, 0.15) is 0 Å². The van der Waals surface area contributed by atoms with Gasteiger partial charge >= 0.3 is 0 Å². The molecule has 0 aromatic carbocycles. The molecule has 1 aromatic rings. The van der Waals surface area contributed by atoms with Crippen molar-refractivity contribution in [3.05, 3.63) is 21.6 Å². The molecule has 0 fully saturated rings. The highest BCUT2D eigenvalue weighted by molar-refractivity contribution is 5.20. The Kier molecular flexibility index (Phi) is 1.35. The van der Waals surface area contributed by atoms with Crippen molar-refractivity contribution in [2.45, 2.75) is 25.3 Å². The molecule has 60 valence electrons. The highest BCUT2D eigenvalue weighted by Gasteiger charge is 2.19. The van der Waals surface area contributed by atoms with E-state index in [0.717, 1.165) is 24.1 Å². The molecule has 0 saturated carbocycles. The molecular weight excluding hydrogens is 142 g/mol. The average Bonchev–Trinajstić information content (AvgIpc) is 2.33. The van der Waals surface area contributed by atoms with Crippen molar-refractivity contribution in [2.75, 3.05) is 0 Å². The van der Waals surface area contributed by atoms with Crippen molar-refractivity contribution in [1.82, 2.24) is 10.2 Å². The number of hydrogen-bond acceptors (Lipinski definition) is 2. The minimum atomic E-state index is -0.00449. The van der Waals surface area contributed by atoms with Crippen LogP contribution in [0.15, 0.2) is 4.79 Å². The molecule has 0 saturated heterocycles. The monoisotopic (exact) mass is 153 g/mol. The van der Waals surface area contributed by atoms with Gasteiger partial charge in [0.25, 0.3) is 5.56 Å². The van der Waals surface area contributed by atoms with Gasteiger partial charge in [0, 0.05) is 17.3 Å². The van der Waals surface area contributed by atoms with Crippen LogP contribution in [0.1, 0.15) is 17.7 Å². The average molecular weight is 153 g/mol. The first-order chi connectivity index (χ1) is 5.27. The van der Waals surface area contributed by atoms with Gasteiger partial charge in [-0.2, -0.15) is 0 Å². The smallest absolute Gasteiger partial charge is 0.267 e. The third kappa shape index (κ3) is 0.991. The first kappa shape index (κ1) is 6.67. The lowest BCUT2D eigenvalue weighted by atomic mass is 9.94. The molecule has 11 heavy (non-hydrogen) atoms. The van der Waals surface area contributed by atoms with E-state index in [1.807, 2.05) is 0 Å². The number of aryl methyl sites for hydroxylation is 1. The van der Waals surface area contributed by atoms with Crippen LogP contribution in [-0.2, 0) is 12.8 Å². The van der Waals surface area contributed by atoms with Gasteiger partial charge in [0.2, 0.25) is 0 Å². The van der Waals surface area contributed by atoms with Gasteiger partial charge < -0.3 is 10.8 Å². The molecule has 0 amide bonds. The number of nitrogens with two attached hydrogens (primary N) is 1. The topological polar surface area (TPSA) is 74.7 Å². The molecule has 4 heteroatoms. The molecule has 1 aromatic heterocycles. The molecule has 1 aliphatic rings. The van der Waals surface area contributed by atoms with Gasteiger partial charge in [0.15, 0.2) is 0 Å². The lowest BCUT2D eigenvalue weighted by Gasteiger charge is -2.15. The molecule has 0 bridgehead atoms. The third-order valence-electron chi connectivity index (χ3n) is 2.20. The first-order valence-electron chi connectivity index (χ1n) is 3.81. The summed E-state index contributed by atoms with van der Waals surface area (Å²) in [6, 6.07) is 0.166. The van der Waals surface area contributed by atoms with E-state index >= 15 is 0 Å². The van der Waals surface area contributed by atoms with Gasteiger partial charge in [-0.25, -0.2) is 0 Å². The van der Waals surface area contributed by atoms with Gasteiger partial charge in [-0.1, -0.05) is 0 Å². The maximum absolute atomic E-state index is 11.1. The van der Waals surface area contributed by atoms with Crippen LogP contribution in [0, 0.1) is 0 Å². The summed E-state index contributed by atoms with van der Waals surface area (Å²) in [5.41, 5.74) is 7.60.